The summed E-state index contributed by atoms with van der Waals surface area (Å²) in [6.45, 7) is 0. The number of hydrogen-bond acceptors (Lipinski definition) is 7. The van der Waals surface area contributed by atoms with E-state index in [1.807, 2.05) is 6.07 Å². The molecule has 0 amide bonds. The average Bonchev–Trinajstić information content (AvgIpc) is 3.30. The number of nitrogens with two attached hydrogens (primary N) is 1. The summed E-state index contributed by atoms with van der Waals surface area (Å²) >= 11 is 0. The Balaban J connectivity index is 1.82. The molecule has 0 aliphatic carbocycles. The van der Waals surface area contributed by atoms with Crippen LogP contribution in [0.25, 0.3) is 39.2 Å². The zero-order valence-corrected chi connectivity index (χ0v) is 14.7. The number of H-pyrrole nitrogens is 2. The number of hydrogen-bond donors (Lipinski definition) is 3. The number of aromatic amines is 2. The van der Waals surface area contributed by atoms with Gasteiger partial charge in [0.15, 0.2) is 5.65 Å². The number of pyridine rings is 1. The number of nitrogens with one attached hydrogen (secondary N) is 2. The van der Waals surface area contributed by atoms with Gasteiger partial charge in [0.05, 0.1) is 24.1 Å². The molecule has 0 spiro atoms. The first-order valence-electron chi connectivity index (χ1n) is 8.37. The summed E-state index contributed by atoms with van der Waals surface area (Å²) in [5.41, 5.74) is 9.69. The number of ether oxygens (including phenoxy) is 1. The van der Waals surface area contributed by atoms with Crippen LogP contribution in [0.1, 0.15) is 0 Å². The van der Waals surface area contributed by atoms with Gasteiger partial charge in [-0.25, -0.2) is 4.98 Å². The predicted octanol–water partition coefficient (Wildman–Crippen LogP) is 1.61. The highest BCUT2D eigenvalue weighted by Gasteiger charge is 2.19. The molecule has 0 saturated carbocycles. The van der Waals surface area contributed by atoms with Crippen molar-refractivity contribution in [1.29, 1.82) is 0 Å². The van der Waals surface area contributed by atoms with Crippen LogP contribution >= 0.6 is 0 Å². The van der Waals surface area contributed by atoms with Gasteiger partial charge in [-0.05, 0) is 18.2 Å². The van der Waals surface area contributed by atoms with E-state index in [-0.39, 0.29) is 5.56 Å². The maximum Gasteiger partial charge on any atom is 0.273 e. The van der Waals surface area contributed by atoms with Crippen molar-refractivity contribution in [2.75, 3.05) is 12.8 Å². The van der Waals surface area contributed by atoms with Gasteiger partial charge >= 0.3 is 0 Å². The summed E-state index contributed by atoms with van der Waals surface area (Å²) in [6, 6.07) is 10.4. The highest BCUT2D eigenvalue weighted by molar-refractivity contribution is 5.87. The number of nitrogen functional groups attached to an aromatic ring is 1. The second-order valence-corrected chi connectivity index (χ2v) is 6.12. The van der Waals surface area contributed by atoms with E-state index in [4.69, 9.17) is 10.5 Å². The quantitative estimate of drug-likeness (QED) is 0.436. The second kappa shape index (κ2) is 5.91. The molecule has 5 aromatic rings. The Morgan fingerprint density at radius 2 is 1.93 bits per heavy atom. The molecule has 0 radical (unpaired) electrons. The van der Waals surface area contributed by atoms with E-state index in [1.54, 1.807) is 37.6 Å². The lowest BCUT2D eigenvalue weighted by atomic mass is 10.1. The van der Waals surface area contributed by atoms with Crippen molar-refractivity contribution in [3.8, 4) is 28.3 Å². The Hall–Kier alpha value is -4.21. The Morgan fingerprint density at radius 3 is 2.68 bits per heavy atom. The molecule has 138 valence electrons. The summed E-state index contributed by atoms with van der Waals surface area (Å²) in [7, 11) is 1.55. The number of methoxy groups -OCH3 is 1. The maximum atomic E-state index is 12.7. The molecular formula is C18H14N8O2. The molecule has 10 nitrogen and oxygen atoms in total. The Kier molecular flexibility index (Phi) is 3.38. The van der Waals surface area contributed by atoms with Crippen LogP contribution in [0.5, 0.6) is 5.75 Å². The summed E-state index contributed by atoms with van der Waals surface area (Å²) in [6.07, 6.45) is 1.65. The van der Waals surface area contributed by atoms with Gasteiger partial charge in [-0.2, -0.15) is 19.9 Å². The predicted molar refractivity (Wildman–Crippen MR) is 103 cm³/mol. The molecule has 0 fully saturated rings. The first-order chi connectivity index (χ1) is 13.7. The van der Waals surface area contributed by atoms with Crippen LogP contribution in [0.3, 0.4) is 0 Å². The minimum absolute atomic E-state index is 0.305. The van der Waals surface area contributed by atoms with Crippen molar-refractivity contribution in [3.05, 3.63) is 52.9 Å². The molecule has 0 saturated heterocycles. The third kappa shape index (κ3) is 2.31. The lowest BCUT2D eigenvalue weighted by molar-refractivity contribution is 0.417. The lowest BCUT2D eigenvalue weighted by Gasteiger charge is -2.08. The summed E-state index contributed by atoms with van der Waals surface area (Å²) < 4.78 is 6.77. The molecule has 4 heterocycles. The molecule has 0 aliphatic rings. The normalized spacial score (nSPS) is 11.3. The molecular weight excluding hydrogens is 360 g/mol. The van der Waals surface area contributed by atoms with Crippen molar-refractivity contribution in [3.63, 3.8) is 0 Å². The van der Waals surface area contributed by atoms with Gasteiger partial charge in [0.25, 0.3) is 5.56 Å². The molecule has 0 bridgehead atoms. The Morgan fingerprint density at radius 1 is 1.11 bits per heavy atom. The fourth-order valence-electron chi connectivity index (χ4n) is 3.19. The first-order valence-corrected chi connectivity index (χ1v) is 8.37. The van der Waals surface area contributed by atoms with Gasteiger partial charge in [-0.3, -0.25) is 14.9 Å². The van der Waals surface area contributed by atoms with Gasteiger partial charge in [0, 0.05) is 23.9 Å². The minimum atomic E-state index is -0.309. The van der Waals surface area contributed by atoms with Gasteiger partial charge < -0.3 is 10.5 Å². The largest absolute Gasteiger partial charge is 0.496 e. The zero-order chi connectivity index (χ0) is 19.3. The number of benzene rings is 1. The minimum Gasteiger partial charge on any atom is -0.496 e. The third-order valence-electron chi connectivity index (χ3n) is 4.48. The van der Waals surface area contributed by atoms with E-state index in [1.165, 1.54) is 10.6 Å². The summed E-state index contributed by atoms with van der Waals surface area (Å²) in [4.78, 5) is 21.7. The highest BCUT2D eigenvalue weighted by Crippen LogP contribution is 2.33. The van der Waals surface area contributed by atoms with E-state index < -0.39 is 0 Å². The SMILES string of the molecule is COc1cc2n[nH]nc2cc1-c1cc(=O)n2[nH]c(N)c(-c3ccccn3)c2n1. The van der Waals surface area contributed by atoms with E-state index in [2.05, 4.69) is 30.5 Å². The van der Waals surface area contributed by atoms with Crippen molar-refractivity contribution >= 4 is 22.5 Å². The maximum absolute atomic E-state index is 12.7. The van der Waals surface area contributed by atoms with Gasteiger partial charge in [-0.1, -0.05) is 6.07 Å². The van der Waals surface area contributed by atoms with Gasteiger partial charge in [-0.15, -0.1) is 0 Å². The molecule has 5 rings (SSSR count). The molecule has 4 aromatic heterocycles. The standard InChI is InChI=1S/C18H14N8O2/c1-28-14-7-13-12(22-25-23-13)6-9(14)11-8-15(27)26-18(21-11)16(17(19)24-26)10-4-2-3-5-20-10/h2-8,24H,19H2,1H3,(H,22,23,25). The molecule has 10 heteroatoms. The number of anilines is 1. The number of nitrogens with zero attached hydrogens (tertiary/aromatic N) is 5. The smallest absolute Gasteiger partial charge is 0.273 e. The number of fused-ring (bicyclic) bond motifs is 2. The third-order valence-corrected chi connectivity index (χ3v) is 4.48. The topological polar surface area (TPSA) is 140 Å². The molecule has 1 aromatic carbocycles. The highest BCUT2D eigenvalue weighted by atomic mass is 16.5. The number of aromatic nitrogens is 7. The molecule has 28 heavy (non-hydrogen) atoms. The van der Waals surface area contributed by atoms with Crippen molar-refractivity contribution in [2.45, 2.75) is 0 Å². The van der Waals surface area contributed by atoms with E-state index >= 15 is 0 Å². The summed E-state index contributed by atoms with van der Waals surface area (Å²) in [5.74, 6) is 0.833. The van der Waals surface area contributed by atoms with Crippen LogP contribution in [0.4, 0.5) is 5.82 Å². The fraction of sp³-hybridized carbons (Fsp3) is 0.0556. The second-order valence-electron chi connectivity index (χ2n) is 6.12. The molecule has 0 unspecified atom stereocenters. The van der Waals surface area contributed by atoms with Crippen LogP contribution in [0.2, 0.25) is 0 Å². The van der Waals surface area contributed by atoms with E-state index in [9.17, 15) is 4.79 Å². The Bertz CT molecular complexity index is 1380. The van der Waals surface area contributed by atoms with Crippen LogP contribution in [0, 0.1) is 0 Å². The van der Waals surface area contributed by atoms with Crippen molar-refractivity contribution in [1.82, 2.24) is 35.0 Å². The van der Waals surface area contributed by atoms with Gasteiger partial charge in [0.1, 0.15) is 22.6 Å². The Labute approximate surface area is 157 Å². The molecule has 0 atom stereocenters. The average molecular weight is 374 g/mol. The monoisotopic (exact) mass is 374 g/mol. The lowest BCUT2D eigenvalue weighted by Crippen LogP contribution is -2.14. The molecule has 0 aliphatic heterocycles. The number of rotatable bonds is 3. The van der Waals surface area contributed by atoms with Crippen LogP contribution < -0.4 is 16.0 Å². The zero-order valence-electron chi connectivity index (χ0n) is 14.7. The van der Waals surface area contributed by atoms with Crippen LogP contribution in [-0.4, -0.2) is 42.1 Å². The van der Waals surface area contributed by atoms with Crippen LogP contribution in [-0.2, 0) is 0 Å². The van der Waals surface area contributed by atoms with E-state index in [0.29, 0.717) is 50.8 Å². The van der Waals surface area contributed by atoms with Crippen molar-refractivity contribution in [2.24, 2.45) is 0 Å². The summed E-state index contributed by atoms with van der Waals surface area (Å²) in [5, 5.41) is 13.6. The first kappa shape index (κ1) is 16.0. The van der Waals surface area contributed by atoms with E-state index in [0.717, 1.165) is 0 Å². The van der Waals surface area contributed by atoms with Crippen molar-refractivity contribution < 1.29 is 4.74 Å². The molecule has 4 N–H and O–H groups in total. The van der Waals surface area contributed by atoms with Crippen LogP contribution in [0.15, 0.2) is 47.4 Å². The van der Waals surface area contributed by atoms with Gasteiger partial charge in [0.2, 0.25) is 0 Å². The fourth-order valence-corrected chi connectivity index (χ4v) is 3.19.